The molecular weight excluding hydrogens is 347 g/mol. The lowest BCUT2D eigenvalue weighted by Crippen LogP contribution is -2.24. The zero-order valence-electron chi connectivity index (χ0n) is 14.5. The zero-order valence-corrected chi connectivity index (χ0v) is 15.3. The van der Waals surface area contributed by atoms with Crippen molar-refractivity contribution in [2.45, 2.75) is 32.2 Å². The summed E-state index contributed by atoms with van der Waals surface area (Å²) in [6.07, 6.45) is 5.28. The van der Waals surface area contributed by atoms with Gasteiger partial charge >= 0.3 is 0 Å². The molecule has 0 saturated carbocycles. The highest BCUT2D eigenvalue weighted by Crippen LogP contribution is 2.13. The van der Waals surface area contributed by atoms with Gasteiger partial charge in [-0.15, -0.1) is 11.3 Å². The number of aryl methyl sites for hydroxylation is 2. The quantitative estimate of drug-likeness (QED) is 0.582. The highest BCUT2D eigenvalue weighted by atomic mass is 32.1. The Kier molecular flexibility index (Phi) is 6.50. The van der Waals surface area contributed by atoms with Crippen molar-refractivity contribution >= 4 is 17.2 Å². The van der Waals surface area contributed by atoms with Crippen LogP contribution in [0.4, 0.5) is 4.39 Å². The first-order chi connectivity index (χ1) is 12.7. The summed E-state index contributed by atoms with van der Waals surface area (Å²) in [5, 5.41) is 4.96. The number of rotatable bonds is 8. The number of carbonyl (C=O) groups excluding carboxylic acids is 1. The fourth-order valence-electron chi connectivity index (χ4n) is 2.79. The Hall–Kier alpha value is -2.53. The summed E-state index contributed by atoms with van der Waals surface area (Å²) in [5.74, 6) is -0.291. The van der Waals surface area contributed by atoms with E-state index in [0.717, 1.165) is 41.8 Å². The van der Waals surface area contributed by atoms with Crippen LogP contribution in [-0.4, -0.2) is 10.9 Å². The number of unbranched alkanes of at least 4 members (excludes halogenated alkanes) is 1. The SMILES string of the molecule is O=C(NCc1cccs1)c1cccnc1CCCCc1ccc(F)cc1. The Balaban J connectivity index is 1.51. The topological polar surface area (TPSA) is 42.0 Å². The third-order valence-electron chi connectivity index (χ3n) is 4.18. The van der Waals surface area contributed by atoms with E-state index in [4.69, 9.17) is 0 Å². The molecule has 3 nitrogen and oxygen atoms in total. The third-order valence-corrected chi connectivity index (χ3v) is 5.06. The van der Waals surface area contributed by atoms with Crippen molar-refractivity contribution in [3.8, 4) is 0 Å². The molecule has 0 aliphatic heterocycles. The molecule has 0 radical (unpaired) electrons. The lowest BCUT2D eigenvalue weighted by molar-refractivity contribution is 0.0950. The largest absolute Gasteiger partial charge is 0.347 e. The van der Waals surface area contributed by atoms with Gasteiger partial charge in [0.1, 0.15) is 5.82 Å². The number of nitrogens with one attached hydrogen (secondary N) is 1. The van der Waals surface area contributed by atoms with Gasteiger partial charge in [-0.3, -0.25) is 9.78 Å². The molecule has 0 spiro atoms. The second-order valence-corrected chi connectivity index (χ2v) is 7.13. The molecule has 0 atom stereocenters. The van der Waals surface area contributed by atoms with Gasteiger partial charge in [-0.2, -0.15) is 0 Å². The van der Waals surface area contributed by atoms with Crippen LogP contribution < -0.4 is 5.32 Å². The van der Waals surface area contributed by atoms with E-state index >= 15 is 0 Å². The average molecular weight is 368 g/mol. The number of hydrogen-bond donors (Lipinski definition) is 1. The minimum atomic E-state index is -0.208. The molecule has 0 unspecified atom stereocenters. The smallest absolute Gasteiger partial charge is 0.253 e. The van der Waals surface area contributed by atoms with Gasteiger partial charge in [-0.05, 0) is 67.0 Å². The number of halogens is 1. The van der Waals surface area contributed by atoms with Crippen molar-refractivity contribution in [3.63, 3.8) is 0 Å². The second kappa shape index (κ2) is 9.25. The normalized spacial score (nSPS) is 10.7. The van der Waals surface area contributed by atoms with Gasteiger partial charge in [0.05, 0.1) is 17.8 Å². The fourth-order valence-corrected chi connectivity index (χ4v) is 3.44. The number of hydrogen-bond acceptors (Lipinski definition) is 3. The number of benzene rings is 1. The summed E-state index contributed by atoms with van der Waals surface area (Å²) in [6, 6.07) is 14.2. The van der Waals surface area contributed by atoms with Crippen LogP contribution in [0.5, 0.6) is 0 Å². The van der Waals surface area contributed by atoms with E-state index in [1.54, 1.807) is 23.6 Å². The molecule has 2 heterocycles. The van der Waals surface area contributed by atoms with Crippen LogP contribution in [0.2, 0.25) is 0 Å². The molecule has 3 rings (SSSR count). The molecule has 5 heteroatoms. The molecule has 0 fully saturated rings. The molecule has 1 N–H and O–H groups in total. The Morgan fingerprint density at radius 2 is 1.85 bits per heavy atom. The number of amides is 1. The van der Waals surface area contributed by atoms with Gasteiger partial charge in [0.15, 0.2) is 0 Å². The first-order valence-electron chi connectivity index (χ1n) is 8.71. The van der Waals surface area contributed by atoms with E-state index in [2.05, 4.69) is 10.3 Å². The summed E-state index contributed by atoms with van der Waals surface area (Å²) < 4.78 is 12.9. The first-order valence-corrected chi connectivity index (χ1v) is 9.59. The van der Waals surface area contributed by atoms with Crippen LogP contribution >= 0.6 is 11.3 Å². The van der Waals surface area contributed by atoms with Gasteiger partial charge in [0.25, 0.3) is 5.91 Å². The number of carbonyl (C=O) groups is 1. The van der Waals surface area contributed by atoms with Gasteiger partial charge < -0.3 is 5.32 Å². The highest BCUT2D eigenvalue weighted by molar-refractivity contribution is 7.09. The van der Waals surface area contributed by atoms with E-state index in [9.17, 15) is 9.18 Å². The Labute approximate surface area is 156 Å². The molecule has 1 amide bonds. The van der Waals surface area contributed by atoms with Crippen molar-refractivity contribution < 1.29 is 9.18 Å². The minimum absolute atomic E-state index is 0.0833. The highest BCUT2D eigenvalue weighted by Gasteiger charge is 2.12. The zero-order chi connectivity index (χ0) is 18.2. The second-order valence-electron chi connectivity index (χ2n) is 6.09. The lowest BCUT2D eigenvalue weighted by Gasteiger charge is -2.09. The van der Waals surface area contributed by atoms with E-state index < -0.39 is 0 Å². The van der Waals surface area contributed by atoms with E-state index in [0.29, 0.717) is 12.1 Å². The Morgan fingerprint density at radius 1 is 1.04 bits per heavy atom. The molecule has 0 aliphatic carbocycles. The van der Waals surface area contributed by atoms with Crippen LogP contribution in [0.25, 0.3) is 0 Å². The maximum Gasteiger partial charge on any atom is 0.253 e. The number of pyridine rings is 1. The van der Waals surface area contributed by atoms with Crippen molar-refractivity contribution in [2.24, 2.45) is 0 Å². The predicted octanol–water partition coefficient (Wildman–Crippen LogP) is 4.78. The summed E-state index contributed by atoms with van der Waals surface area (Å²) in [4.78, 5) is 18.0. The van der Waals surface area contributed by atoms with Crippen LogP contribution in [0.3, 0.4) is 0 Å². The van der Waals surface area contributed by atoms with Gasteiger partial charge in [0.2, 0.25) is 0 Å². The molecular formula is C21H21FN2OS. The molecule has 0 aliphatic rings. The van der Waals surface area contributed by atoms with Crippen LogP contribution in [-0.2, 0) is 19.4 Å². The number of thiophene rings is 1. The summed E-state index contributed by atoms with van der Waals surface area (Å²) >= 11 is 1.63. The van der Waals surface area contributed by atoms with Crippen LogP contribution in [0.1, 0.15) is 39.3 Å². The number of aromatic nitrogens is 1. The van der Waals surface area contributed by atoms with Crippen molar-refractivity contribution in [1.29, 1.82) is 0 Å². The maximum absolute atomic E-state index is 12.9. The summed E-state index contributed by atoms with van der Waals surface area (Å²) in [6.45, 7) is 0.537. The molecule has 2 aromatic heterocycles. The van der Waals surface area contributed by atoms with Crippen molar-refractivity contribution in [1.82, 2.24) is 10.3 Å². The standard InChI is InChI=1S/C21H21FN2OS/c22-17-11-9-16(10-12-17)5-1-2-8-20-19(7-3-13-23-20)21(25)24-15-18-6-4-14-26-18/h3-4,6-7,9-14H,1-2,5,8,15H2,(H,24,25). The molecule has 3 aromatic rings. The summed E-state index contributed by atoms with van der Waals surface area (Å²) in [5.41, 5.74) is 2.60. The Bertz CT molecular complexity index is 831. The van der Waals surface area contributed by atoms with E-state index in [-0.39, 0.29) is 11.7 Å². The summed E-state index contributed by atoms with van der Waals surface area (Å²) in [7, 11) is 0. The third kappa shape index (κ3) is 5.23. The number of nitrogens with zero attached hydrogens (tertiary/aromatic N) is 1. The lowest BCUT2D eigenvalue weighted by atomic mass is 10.0. The van der Waals surface area contributed by atoms with Gasteiger partial charge in [-0.1, -0.05) is 18.2 Å². The monoisotopic (exact) mass is 368 g/mol. The maximum atomic E-state index is 12.9. The van der Waals surface area contributed by atoms with Crippen molar-refractivity contribution in [2.75, 3.05) is 0 Å². The van der Waals surface area contributed by atoms with Gasteiger partial charge in [0, 0.05) is 11.1 Å². The van der Waals surface area contributed by atoms with Crippen LogP contribution in [0.15, 0.2) is 60.1 Å². The van der Waals surface area contributed by atoms with E-state index in [1.807, 2.05) is 35.7 Å². The molecule has 26 heavy (non-hydrogen) atoms. The van der Waals surface area contributed by atoms with Crippen molar-refractivity contribution in [3.05, 3.63) is 87.6 Å². The molecule has 134 valence electrons. The minimum Gasteiger partial charge on any atom is -0.347 e. The molecule has 0 bridgehead atoms. The van der Waals surface area contributed by atoms with Crippen LogP contribution in [0, 0.1) is 5.82 Å². The molecule has 1 aromatic carbocycles. The predicted molar refractivity (Wildman–Crippen MR) is 103 cm³/mol. The fraction of sp³-hybridized carbons (Fsp3) is 0.238. The van der Waals surface area contributed by atoms with Gasteiger partial charge in [-0.25, -0.2) is 4.39 Å². The average Bonchev–Trinajstić information content (AvgIpc) is 3.19. The Morgan fingerprint density at radius 3 is 2.62 bits per heavy atom. The first kappa shape index (κ1) is 18.3. The van der Waals surface area contributed by atoms with E-state index in [1.165, 1.54) is 12.1 Å². The molecule has 0 saturated heterocycles.